The molecule has 158 valence electrons. The first-order valence-electron chi connectivity index (χ1n) is 8.78. The SMILES string of the molecule is COc1cc(NC(=O)[C@H](C)N(c2cc(C)cc(C)c2)S(C)(=O)=O)c(OC)cc1Cl. The summed E-state index contributed by atoms with van der Waals surface area (Å²) in [6, 6.07) is 7.40. The van der Waals surface area contributed by atoms with Crippen molar-refractivity contribution in [3.63, 3.8) is 0 Å². The molecule has 29 heavy (non-hydrogen) atoms. The van der Waals surface area contributed by atoms with Crippen molar-refractivity contribution in [3.05, 3.63) is 46.5 Å². The van der Waals surface area contributed by atoms with Crippen LogP contribution in [0.1, 0.15) is 18.1 Å². The zero-order valence-corrected chi connectivity index (χ0v) is 18.8. The number of nitrogens with zero attached hydrogens (tertiary/aromatic N) is 1. The van der Waals surface area contributed by atoms with E-state index in [9.17, 15) is 13.2 Å². The van der Waals surface area contributed by atoms with Crippen molar-refractivity contribution in [1.82, 2.24) is 0 Å². The molecule has 0 aliphatic heterocycles. The van der Waals surface area contributed by atoms with E-state index in [4.69, 9.17) is 21.1 Å². The highest BCUT2D eigenvalue weighted by molar-refractivity contribution is 7.92. The molecular weight excluding hydrogens is 416 g/mol. The molecule has 2 rings (SSSR count). The highest BCUT2D eigenvalue weighted by atomic mass is 35.5. The minimum atomic E-state index is -3.73. The van der Waals surface area contributed by atoms with Gasteiger partial charge in [0.25, 0.3) is 0 Å². The number of hydrogen-bond acceptors (Lipinski definition) is 5. The Labute approximate surface area is 176 Å². The first-order valence-corrected chi connectivity index (χ1v) is 11.0. The number of ether oxygens (including phenoxy) is 2. The molecule has 1 N–H and O–H groups in total. The second-order valence-corrected chi connectivity index (χ2v) is 9.02. The van der Waals surface area contributed by atoms with Crippen LogP contribution in [0.25, 0.3) is 0 Å². The van der Waals surface area contributed by atoms with Gasteiger partial charge in [0.2, 0.25) is 15.9 Å². The van der Waals surface area contributed by atoms with E-state index in [2.05, 4.69) is 5.32 Å². The topological polar surface area (TPSA) is 84.9 Å². The van der Waals surface area contributed by atoms with Crippen molar-refractivity contribution in [2.45, 2.75) is 26.8 Å². The van der Waals surface area contributed by atoms with Gasteiger partial charge in [-0.05, 0) is 44.0 Å². The van der Waals surface area contributed by atoms with Crippen LogP contribution in [-0.2, 0) is 14.8 Å². The van der Waals surface area contributed by atoms with Crippen LogP contribution in [0, 0.1) is 13.8 Å². The number of amides is 1. The predicted molar refractivity (Wildman–Crippen MR) is 116 cm³/mol. The Bertz CT molecular complexity index is 1000. The lowest BCUT2D eigenvalue weighted by atomic mass is 10.1. The monoisotopic (exact) mass is 440 g/mol. The van der Waals surface area contributed by atoms with E-state index >= 15 is 0 Å². The van der Waals surface area contributed by atoms with E-state index in [1.165, 1.54) is 33.3 Å². The van der Waals surface area contributed by atoms with Gasteiger partial charge in [-0.3, -0.25) is 9.10 Å². The molecular formula is C20H25ClN2O5S. The highest BCUT2D eigenvalue weighted by Crippen LogP contribution is 2.36. The highest BCUT2D eigenvalue weighted by Gasteiger charge is 2.30. The molecule has 1 atom stereocenters. The van der Waals surface area contributed by atoms with Crippen molar-refractivity contribution < 1.29 is 22.7 Å². The van der Waals surface area contributed by atoms with E-state index < -0.39 is 22.0 Å². The van der Waals surface area contributed by atoms with E-state index in [1.807, 2.05) is 19.9 Å². The van der Waals surface area contributed by atoms with Gasteiger partial charge in [0.15, 0.2) is 0 Å². The molecule has 2 aromatic rings. The average Bonchev–Trinajstić information content (AvgIpc) is 2.60. The van der Waals surface area contributed by atoms with Gasteiger partial charge in [-0.15, -0.1) is 0 Å². The first-order chi connectivity index (χ1) is 13.5. The van der Waals surface area contributed by atoms with Gasteiger partial charge < -0.3 is 14.8 Å². The summed E-state index contributed by atoms with van der Waals surface area (Å²) < 4.78 is 36.6. The summed E-state index contributed by atoms with van der Waals surface area (Å²) in [4.78, 5) is 12.9. The number of carbonyl (C=O) groups excluding carboxylic acids is 1. The average molecular weight is 441 g/mol. The summed E-state index contributed by atoms with van der Waals surface area (Å²) in [6.07, 6.45) is 1.07. The second-order valence-electron chi connectivity index (χ2n) is 6.76. The molecule has 0 saturated carbocycles. The Morgan fingerprint density at radius 3 is 2.07 bits per heavy atom. The maximum atomic E-state index is 12.9. The third kappa shape index (κ3) is 5.33. The van der Waals surface area contributed by atoms with Crippen molar-refractivity contribution in [1.29, 1.82) is 0 Å². The fraction of sp³-hybridized carbons (Fsp3) is 0.350. The van der Waals surface area contributed by atoms with Gasteiger partial charge in [-0.2, -0.15) is 0 Å². The Balaban J connectivity index is 2.43. The minimum Gasteiger partial charge on any atom is -0.495 e. The number of sulfonamides is 1. The third-order valence-corrected chi connectivity index (χ3v) is 5.82. The van der Waals surface area contributed by atoms with Gasteiger partial charge in [0.1, 0.15) is 17.5 Å². The van der Waals surface area contributed by atoms with Crippen LogP contribution in [0.4, 0.5) is 11.4 Å². The zero-order valence-electron chi connectivity index (χ0n) is 17.2. The molecule has 0 fully saturated rings. The van der Waals surface area contributed by atoms with Crippen LogP contribution in [0.2, 0.25) is 5.02 Å². The molecule has 0 aliphatic rings. The molecule has 0 bridgehead atoms. The molecule has 0 heterocycles. The Morgan fingerprint density at radius 2 is 1.59 bits per heavy atom. The number of hydrogen-bond donors (Lipinski definition) is 1. The normalized spacial score (nSPS) is 12.2. The van der Waals surface area contributed by atoms with E-state index in [-0.39, 0.29) is 0 Å². The molecule has 7 nitrogen and oxygen atoms in total. The number of nitrogens with one attached hydrogen (secondary N) is 1. The molecule has 0 aliphatic carbocycles. The molecule has 2 aromatic carbocycles. The predicted octanol–water partition coefficient (Wildman–Crippen LogP) is 3.77. The number of halogens is 1. The number of carbonyl (C=O) groups is 1. The lowest BCUT2D eigenvalue weighted by Gasteiger charge is -2.29. The fourth-order valence-electron chi connectivity index (χ4n) is 3.08. The molecule has 0 unspecified atom stereocenters. The number of methoxy groups -OCH3 is 2. The number of anilines is 2. The van der Waals surface area contributed by atoms with Gasteiger partial charge in [-0.1, -0.05) is 17.7 Å². The van der Waals surface area contributed by atoms with Crippen LogP contribution in [-0.4, -0.2) is 40.8 Å². The smallest absolute Gasteiger partial charge is 0.248 e. The largest absolute Gasteiger partial charge is 0.495 e. The Morgan fingerprint density at radius 1 is 1.03 bits per heavy atom. The molecule has 9 heteroatoms. The fourth-order valence-corrected chi connectivity index (χ4v) is 4.47. The quantitative estimate of drug-likeness (QED) is 0.708. The van der Waals surface area contributed by atoms with Gasteiger partial charge >= 0.3 is 0 Å². The maximum Gasteiger partial charge on any atom is 0.248 e. The Kier molecular flexibility index (Phi) is 7.02. The van der Waals surface area contributed by atoms with Crippen molar-refractivity contribution >= 4 is 38.9 Å². The van der Waals surface area contributed by atoms with Crippen molar-refractivity contribution in [2.75, 3.05) is 30.1 Å². The molecule has 0 saturated heterocycles. The van der Waals surface area contributed by atoms with Crippen molar-refractivity contribution in [3.8, 4) is 11.5 Å². The van der Waals surface area contributed by atoms with Gasteiger partial charge in [0, 0.05) is 12.1 Å². The summed E-state index contributed by atoms with van der Waals surface area (Å²) in [7, 11) is -0.836. The molecule has 1 amide bonds. The van der Waals surface area contributed by atoms with Gasteiger partial charge in [-0.25, -0.2) is 8.42 Å². The first kappa shape index (κ1) is 22.8. The lowest BCUT2D eigenvalue weighted by Crippen LogP contribution is -2.45. The minimum absolute atomic E-state index is 0.319. The van der Waals surface area contributed by atoms with Crippen LogP contribution >= 0.6 is 11.6 Å². The molecule has 0 radical (unpaired) electrons. The summed E-state index contributed by atoms with van der Waals surface area (Å²) in [6.45, 7) is 5.26. The summed E-state index contributed by atoms with van der Waals surface area (Å²) >= 11 is 6.09. The maximum absolute atomic E-state index is 12.9. The van der Waals surface area contributed by atoms with Crippen LogP contribution in [0.3, 0.4) is 0 Å². The summed E-state index contributed by atoms with van der Waals surface area (Å²) in [5, 5.41) is 3.03. The number of benzene rings is 2. The molecule has 0 spiro atoms. The van der Waals surface area contributed by atoms with E-state index in [0.717, 1.165) is 21.7 Å². The van der Waals surface area contributed by atoms with Crippen molar-refractivity contribution in [2.24, 2.45) is 0 Å². The van der Waals surface area contributed by atoms with E-state index in [0.29, 0.717) is 27.9 Å². The van der Waals surface area contributed by atoms with Crippen LogP contribution in [0.15, 0.2) is 30.3 Å². The summed E-state index contributed by atoms with van der Waals surface area (Å²) in [5.74, 6) is 0.149. The number of rotatable bonds is 7. The van der Waals surface area contributed by atoms with Crippen LogP contribution in [0.5, 0.6) is 11.5 Å². The standard InChI is InChI=1S/C20H25ClN2O5S/c1-12-7-13(2)9-15(8-12)23(29(6,25)26)14(3)20(24)22-17-11-18(27-4)16(21)10-19(17)28-5/h7-11,14H,1-6H3,(H,22,24)/t14-/m0/s1. The molecule has 0 aromatic heterocycles. The lowest BCUT2D eigenvalue weighted by molar-refractivity contribution is -0.116. The Hall–Kier alpha value is -2.45. The summed E-state index contributed by atoms with van der Waals surface area (Å²) in [5.41, 5.74) is 2.53. The second kappa shape index (κ2) is 8.92. The zero-order chi connectivity index (χ0) is 21.9. The third-order valence-electron chi connectivity index (χ3n) is 4.28. The number of aryl methyl sites for hydroxylation is 2. The van der Waals surface area contributed by atoms with E-state index in [1.54, 1.807) is 12.1 Å². The van der Waals surface area contributed by atoms with Crippen LogP contribution < -0.4 is 19.1 Å². The van der Waals surface area contributed by atoms with Gasteiger partial charge in [0.05, 0.1) is 36.9 Å².